The van der Waals surface area contributed by atoms with Crippen LogP contribution in [0, 0.1) is 16.7 Å². The fourth-order valence-corrected chi connectivity index (χ4v) is 1.35. The molecule has 19 heavy (non-hydrogen) atoms. The minimum atomic E-state index is -0.468. The lowest BCUT2D eigenvalue weighted by Crippen LogP contribution is -2.27. The van der Waals surface area contributed by atoms with Crippen molar-refractivity contribution in [1.29, 1.82) is 5.26 Å². The van der Waals surface area contributed by atoms with Crippen LogP contribution in [0.15, 0.2) is 18.2 Å². The maximum absolute atomic E-state index is 11.9. The second-order valence-corrected chi connectivity index (χ2v) is 5.38. The van der Waals surface area contributed by atoms with Gasteiger partial charge in [0.15, 0.2) is 0 Å². The summed E-state index contributed by atoms with van der Waals surface area (Å²) in [4.78, 5) is 11.9. The van der Waals surface area contributed by atoms with Crippen LogP contribution < -0.4 is 10.1 Å². The van der Waals surface area contributed by atoms with Crippen LogP contribution >= 0.6 is 0 Å². The fourth-order valence-electron chi connectivity index (χ4n) is 1.35. The Labute approximate surface area is 114 Å². The molecule has 0 unspecified atom stereocenters. The van der Waals surface area contributed by atoms with Crippen LogP contribution in [0.5, 0.6) is 5.75 Å². The molecule has 0 saturated carbocycles. The first-order valence-electron chi connectivity index (χ1n) is 6.37. The highest BCUT2D eigenvalue weighted by Crippen LogP contribution is 2.24. The molecule has 1 N–H and O–H groups in total. The lowest BCUT2D eigenvalue weighted by molar-refractivity contribution is -0.123. The van der Waals surface area contributed by atoms with E-state index in [2.05, 4.69) is 11.4 Å². The van der Waals surface area contributed by atoms with Crippen LogP contribution in [0.25, 0.3) is 0 Å². The third kappa shape index (κ3) is 4.29. The largest absolute Gasteiger partial charge is 0.492 e. The number of benzene rings is 1. The lowest BCUT2D eigenvalue weighted by atomic mass is 9.95. The van der Waals surface area contributed by atoms with Crippen molar-refractivity contribution >= 4 is 11.6 Å². The molecule has 0 bridgehead atoms. The van der Waals surface area contributed by atoms with Gasteiger partial charge < -0.3 is 10.1 Å². The number of ether oxygens (including phenoxy) is 1. The quantitative estimate of drug-likeness (QED) is 0.903. The van der Waals surface area contributed by atoms with Crippen molar-refractivity contribution in [2.75, 3.05) is 11.9 Å². The summed E-state index contributed by atoms with van der Waals surface area (Å²) in [6, 6.07) is 7.17. The number of nitrogens with one attached hydrogen (secondary N) is 1. The molecule has 0 fully saturated rings. The summed E-state index contributed by atoms with van der Waals surface area (Å²) in [7, 11) is 0. The van der Waals surface area contributed by atoms with E-state index in [1.54, 1.807) is 18.2 Å². The number of anilines is 1. The maximum Gasteiger partial charge on any atom is 0.229 e. The van der Waals surface area contributed by atoms with Gasteiger partial charge in [0.1, 0.15) is 11.8 Å². The minimum absolute atomic E-state index is 0.0846. The van der Waals surface area contributed by atoms with Crippen LogP contribution in [0.1, 0.15) is 39.7 Å². The number of hydrogen-bond acceptors (Lipinski definition) is 3. The van der Waals surface area contributed by atoms with Crippen LogP contribution in [0.4, 0.5) is 5.69 Å². The average Bonchev–Trinajstić information content (AvgIpc) is 2.35. The van der Waals surface area contributed by atoms with Gasteiger partial charge in [-0.25, -0.2) is 0 Å². The Morgan fingerprint density at radius 3 is 2.63 bits per heavy atom. The third-order valence-corrected chi connectivity index (χ3v) is 2.50. The number of carbonyl (C=O) groups excluding carboxylic acids is 1. The zero-order chi connectivity index (χ0) is 14.5. The number of rotatable bonds is 4. The van der Waals surface area contributed by atoms with E-state index in [4.69, 9.17) is 10.00 Å². The monoisotopic (exact) mass is 260 g/mol. The van der Waals surface area contributed by atoms with E-state index in [0.717, 1.165) is 6.42 Å². The summed E-state index contributed by atoms with van der Waals surface area (Å²) < 4.78 is 5.47. The molecule has 0 heterocycles. The SMILES string of the molecule is CCCOc1ccc(NC(=O)C(C)(C)C)cc1C#N. The number of amides is 1. The Bertz CT molecular complexity index is 496. The summed E-state index contributed by atoms with van der Waals surface area (Å²) in [5, 5.41) is 11.9. The van der Waals surface area contributed by atoms with E-state index in [-0.39, 0.29) is 5.91 Å². The molecule has 4 heteroatoms. The molecule has 0 aliphatic carbocycles. The molecule has 0 atom stereocenters. The molecule has 1 rings (SSSR count). The van der Waals surface area contributed by atoms with Gasteiger partial charge in [0.05, 0.1) is 12.2 Å². The second-order valence-electron chi connectivity index (χ2n) is 5.38. The highest BCUT2D eigenvalue weighted by atomic mass is 16.5. The first-order chi connectivity index (χ1) is 8.88. The zero-order valence-electron chi connectivity index (χ0n) is 11.9. The molecule has 0 aromatic heterocycles. The molecule has 0 aliphatic heterocycles. The van der Waals surface area contributed by atoms with Crippen LogP contribution in [-0.4, -0.2) is 12.5 Å². The van der Waals surface area contributed by atoms with Gasteiger partial charge in [0.25, 0.3) is 0 Å². The fraction of sp³-hybridized carbons (Fsp3) is 0.467. The summed E-state index contributed by atoms with van der Waals surface area (Å²) in [6.07, 6.45) is 0.882. The molecule has 0 aliphatic rings. The Hall–Kier alpha value is -2.02. The number of nitriles is 1. The van der Waals surface area contributed by atoms with Crippen molar-refractivity contribution in [3.63, 3.8) is 0 Å². The Kier molecular flexibility index (Phi) is 4.94. The maximum atomic E-state index is 11.9. The van der Waals surface area contributed by atoms with Gasteiger partial charge in [-0.2, -0.15) is 5.26 Å². The van der Waals surface area contributed by atoms with Crippen molar-refractivity contribution in [2.24, 2.45) is 5.41 Å². The summed E-state index contributed by atoms with van der Waals surface area (Å²) >= 11 is 0. The molecule has 4 nitrogen and oxygen atoms in total. The van der Waals surface area contributed by atoms with Crippen LogP contribution in [0.3, 0.4) is 0 Å². The molecular formula is C15H20N2O2. The second kappa shape index (κ2) is 6.24. The van der Waals surface area contributed by atoms with Crippen molar-refractivity contribution in [1.82, 2.24) is 0 Å². The van der Waals surface area contributed by atoms with Gasteiger partial charge in [0.2, 0.25) is 5.91 Å². The van der Waals surface area contributed by atoms with Gasteiger partial charge in [-0.15, -0.1) is 0 Å². The van der Waals surface area contributed by atoms with E-state index < -0.39 is 5.41 Å². The number of hydrogen-bond donors (Lipinski definition) is 1. The predicted molar refractivity (Wildman–Crippen MR) is 75.0 cm³/mol. The van der Waals surface area contributed by atoms with Gasteiger partial charge >= 0.3 is 0 Å². The number of carbonyl (C=O) groups is 1. The summed E-state index contributed by atoms with van der Waals surface area (Å²) in [5.41, 5.74) is 0.574. The van der Waals surface area contributed by atoms with E-state index in [1.807, 2.05) is 27.7 Å². The Balaban J connectivity index is 2.89. The van der Waals surface area contributed by atoms with Gasteiger partial charge in [-0.1, -0.05) is 27.7 Å². The van der Waals surface area contributed by atoms with Crippen molar-refractivity contribution in [2.45, 2.75) is 34.1 Å². The standard InChI is InChI=1S/C15H20N2O2/c1-5-8-19-13-7-6-12(9-11(13)10-16)17-14(18)15(2,3)4/h6-7,9H,5,8H2,1-4H3,(H,17,18). The van der Waals surface area contributed by atoms with E-state index in [1.165, 1.54) is 0 Å². The first-order valence-corrected chi connectivity index (χ1v) is 6.37. The molecular weight excluding hydrogens is 240 g/mol. The topological polar surface area (TPSA) is 62.1 Å². The molecule has 1 amide bonds. The average molecular weight is 260 g/mol. The molecule has 0 saturated heterocycles. The molecule has 0 radical (unpaired) electrons. The molecule has 1 aromatic rings. The zero-order valence-corrected chi connectivity index (χ0v) is 11.9. The Morgan fingerprint density at radius 2 is 2.11 bits per heavy atom. The van der Waals surface area contributed by atoms with E-state index in [9.17, 15) is 4.79 Å². The lowest BCUT2D eigenvalue weighted by Gasteiger charge is -2.18. The van der Waals surface area contributed by atoms with Crippen molar-refractivity contribution in [3.8, 4) is 11.8 Å². The highest BCUT2D eigenvalue weighted by molar-refractivity contribution is 5.94. The molecule has 1 aromatic carbocycles. The summed E-state index contributed by atoms with van der Waals surface area (Å²) in [6.45, 7) is 8.09. The van der Waals surface area contributed by atoms with E-state index in [0.29, 0.717) is 23.6 Å². The highest BCUT2D eigenvalue weighted by Gasteiger charge is 2.21. The van der Waals surface area contributed by atoms with E-state index >= 15 is 0 Å². The van der Waals surface area contributed by atoms with Crippen LogP contribution in [-0.2, 0) is 4.79 Å². The van der Waals surface area contributed by atoms with Crippen molar-refractivity contribution < 1.29 is 9.53 Å². The first kappa shape index (κ1) is 15.0. The minimum Gasteiger partial charge on any atom is -0.492 e. The van der Waals surface area contributed by atoms with Gasteiger partial charge in [-0.3, -0.25) is 4.79 Å². The smallest absolute Gasteiger partial charge is 0.229 e. The van der Waals surface area contributed by atoms with Gasteiger partial charge in [-0.05, 0) is 24.6 Å². The molecule has 102 valence electrons. The Morgan fingerprint density at radius 1 is 1.42 bits per heavy atom. The normalized spacial score (nSPS) is 10.7. The van der Waals surface area contributed by atoms with Gasteiger partial charge in [0, 0.05) is 11.1 Å². The van der Waals surface area contributed by atoms with Crippen molar-refractivity contribution in [3.05, 3.63) is 23.8 Å². The predicted octanol–water partition coefficient (Wildman–Crippen LogP) is 3.33. The number of nitrogens with zero attached hydrogens (tertiary/aromatic N) is 1. The molecule has 0 spiro atoms. The third-order valence-electron chi connectivity index (χ3n) is 2.50. The summed E-state index contributed by atoms with van der Waals surface area (Å²) in [5.74, 6) is 0.469. The van der Waals surface area contributed by atoms with Crippen LogP contribution in [0.2, 0.25) is 0 Å².